The molecular formula is C19H27N3O3. The number of hydrogen-bond acceptors (Lipinski definition) is 3. The maximum atomic E-state index is 12.9. The van der Waals surface area contributed by atoms with E-state index in [2.05, 4.69) is 0 Å². The lowest BCUT2D eigenvalue weighted by Crippen LogP contribution is -2.48. The third-order valence-electron chi connectivity index (χ3n) is 4.39. The first-order chi connectivity index (χ1) is 12.1. The van der Waals surface area contributed by atoms with Gasteiger partial charge in [-0.15, -0.1) is 0 Å². The topological polar surface area (TPSA) is 75.9 Å². The van der Waals surface area contributed by atoms with Gasteiger partial charge in [-0.1, -0.05) is 42.5 Å². The fraction of sp³-hybridized carbons (Fsp3) is 0.474. The van der Waals surface area contributed by atoms with Crippen LogP contribution in [0.4, 0.5) is 4.79 Å². The minimum atomic E-state index is -0.454. The monoisotopic (exact) mass is 345 g/mol. The van der Waals surface area contributed by atoms with E-state index in [-0.39, 0.29) is 11.8 Å². The Morgan fingerprint density at radius 3 is 2.80 bits per heavy atom. The van der Waals surface area contributed by atoms with Gasteiger partial charge in [0.15, 0.2) is 0 Å². The number of primary amides is 1. The Balaban J connectivity index is 1.98. The molecule has 25 heavy (non-hydrogen) atoms. The lowest BCUT2D eigenvalue weighted by molar-refractivity contribution is -0.137. The van der Waals surface area contributed by atoms with Crippen LogP contribution in [0.5, 0.6) is 0 Å². The number of amides is 3. The molecule has 0 aliphatic carbocycles. The summed E-state index contributed by atoms with van der Waals surface area (Å²) in [6, 6.07) is 9.51. The van der Waals surface area contributed by atoms with E-state index >= 15 is 0 Å². The molecule has 1 unspecified atom stereocenters. The standard InChI is InChI=1S/C19H27N3O3/c1-25-14-13-21(11-5-9-16-7-3-2-4-8-16)18(23)17-10-6-12-22(15-17)19(20)24/h2-5,7-9,17H,6,10-15H2,1H3,(H2,20,24)/b9-5+. The van der Waals surface area contributed by atoms with Crippen LogP contribution in [0.1, 0.15) is 18.4 Å². The number of urea groups is 1. The number of piperidine rings is 1. The smallest absolute Gasteiger partial charge is 0.314 e. The first kappa shape index (κ1) is 19.0. The molecule has 6 heteroatoms. The van der Waals surface area contributed by atoms with Gasteiger partial charge >= 0.3 is 6.03 Å². The van der Waals surface area contributed by atoms with Crippen molar-refractivity contribution in [3.05, 3.63) is 42.0 Å². The first-order valence-electron chi connectivity index (χ1n) is 8.65. The quantitative estimate of drug-likeness (QED) is 0.821. The van der Waals surface area contributed by atoms with Gasteiger partial charge in [0.1, 0.15) is 0 Å². The number of likely N-dealkylation sites (tertiary alicyclic amines) is 1. The average Bonchev–Trinajstić information content (AvgIpc) is 2.65. The van der Waals surface area contributed by atoms with E-state index in [1.54, 1.807) is 16.9 Å². The summed E-state index contributed by atoms with van der Waals surface area (Å²) in [4.78, 5) is 27.6. The van der Waals surface area contributed by atoms with Gasteiger partial charge in [0.25, 0.3) is 0 Å². The van der Waals surface area contributed by atoms with Crippen molar-refractivity contribution in [1.29, 1.82) is 0 Å². The Morgan fingerprint density at radius 1 is 1.36 bits per heavy atom. The number of benzene rings is 1. The van der Waals surface area contributed by atoms with E-state index < -0.39 is 6.03 Å². The van der Waals surface area contributed by atoms with Crippen molar-refractivity contribution < 1.29 is 14.3 Å². The van der Waals surface area contributed by atoms with Gasteiger partial charge in [-0.25, -0.2) is 4.79 Å². The van der Waals surface area contributed by atoms with E-state index in [0.29, 0.717) is 32.8 Å². The number of methoxy groups -OCH3 is 1. The summed E-state index contributed by atoms with van der Waals surface area (Å²) in [6.45, 7) is 2.56. The molecule has 136 valence electrons. The molecule has 1 aromatic rings. The van der Waals surface area contributed by atoms with Crippen LogP contribution in [-0.4, -0.2) is 61.6 Å². The van der Waals surface area contributed by atoms with Crippen molar-refractivity contribution in [3.8, 4) is 0 Å². The number of carbonyl (C=O) groups excluding carboxylic acids is 2. The van der Waals surface area contributed by atoms with Crippen molar-refractivity contribution in [3.63, 3.8) is 0 Å². The van der Waals surface area contributed by atoms with Crippen molar-refractivity contribution in [2.45, 2.75) is 12.8 Å². The molecule has 1 fully saturated rings. The summed E-state index contributed by atoms with van der Waals surface area (Å²) < 4.78 is 5.13. The van der Waals surface area contributed by atoms with Gasteiger partial charge in [0, 0.05) is 33.3 Å². The van der Waals surface area contributed by atoms with E-state index in [9.17, 15) is 9.59 Å². The number of rotatable bonds is 7. The lowest BCUT2D eigenvalue weighted by atomic mass is 9.96. The predicted octanol–water partition coefficient (Wildman–Crippen LogP) is 1.97. The normalized spacial score (nSPS) is 17.6. The summed E-state index contributed by atoms with van der Waals surface area (Å²) >= 11 is 0. The van der Waals surface area contributed by atoms with Gasteiger partial charge in [0.05, 0.1) is 12.5 Å². The molecule has 1 atom stereocenters. The second kappa shape index (κ2) is 9.84. The van der Waals surface area contributed by atoms with Crippen LogP contribution >= 0.6 is 0 Å². The Hall–Kier alpha value is -2.34. The van der Waals surface area contributed by atoms with E-state index in [0.717, 1.165) is 18.4 Å². The molecule has 0 aromatic heterocycles. The zero-order valence-corrected chi connectivity index (χ0v) is 14.8. The predicted molar refractivity (Wildman–Crippen MR) is 97.8 cm³/mol. The highest BCUT2D eigenvalue weighted by Crippen LogP contribution is 2.19. The number of ether oxygens (including phenoxy) is 1. The summed E-state index contributed by atoms with van der Waals surface area (Å²) in [7, 11) is 1.62. The zero-order valence-electron chi connectivity index (χ0n) is 14.8. The van der Waals surface area contributed by atoms with Crippen LogP contribution in [0, 0.1) is 5.92 Å². The highest BCUT2D eigenvalue weighted by Gasteiger charge is 2.30. The molecule has 6 nitrogen and oxygen atoms in total. The van der Waals surface area contributed by atoms with E-state index in [1.165, 1.54) is 0 Å². The lowest BCUT2D eigenvalue weighted by Gasteiger charge is -2.33. The summed E-state index contributed by atoms with van der Waals surface area (Å²) in [6.07, 6.45) is 5.58. The van der Waals surface area contributed by atoms with Crippen LogP contribution in [0.25, 0.3) is 6.08 Å². The maximum absolute atomic E-state index is 12.9. The van der Waals surface area contributed by atoms with Crippen molar-refractivity contribution in [2.24, 2.45) is 11.7 Å². The SMILES string of the molecule is COCCN(C/C=C/c1ccccc1)C(=O)C1CCCN(C(N)=O)C1. The van der Waals surface area contributed by atoms with Gasteiger partial charge < -0.3 is 20.3 Å². The molecule has 0 bridgehead atoms. The maximum Gasteiger partial charge on any atom is 0.314 e. The molecule has 1 heterocycles. The Labute approximate surface area is 149 Å². The first-order valence-corrected chi connectivity index (χ1v) is 8.65. The van der Waals surface area contributed by atoms with Gasteiger partial charge in [0.2, 0.25) is 5.91 Å². The fourth-order valence-electron chi connectivity index (χ4n) is 3.01. The number of hydrogen-bond donors (Lipinski definition) is 1. The molecule has 0 spiro atoms. The summed E-state index contributed by atoms with van der Waals surface area (Å²) in [5.41, 5.74) is 6.46. The highest BCUT2D eigenvalue weighted by molar-refractivity contribution is 5.81. The van der Waals surface area contributed by atoms with E-state index in [1.807, 2.05) is 42.5 Å². The van der Waals surface area contributed by atoms with Crippen LogP contribution in [0.2, 0.25) is 0 Å². The van der Waals surface area contributed by atoms with Crippen molar-refractivity contribution in [1.82, 2.24) is 9.80 Å². The Morgan fingerprint density at radius 2 is 2.12 bits per heavy atom. The summed E-state index contributed by atoms with van der Waals surface area (Å²) in [5.74, 6) is -0.135. The zero-order chi connectivity index (χ0) is 18.1. The third kappa shape index (κ3) is 5.90. The minimum Gasteiger partial charge on any atom is -0.383 e. The second-order valence-electron chi connectivity index (χ2n) is 6.21. The molecule has 2 N–H and O–H groups in total. The molecule has 1 aromatic carbocycles. The van der Waals surface area contributed by atoms with Gasteiger partial charge in [-0.3, -0.25) is 4.79 Å². The molecule has 3 amide bonds. The molecule has 0 radical (unpaired) electrons. The number of nitrogens with zero attached hydrogens (tertiary/aromatic N) is 2. The Kier molecular flexibility index (Phi) is 7.47. The van der Waals surface area contributed by atoms with E-state index in [4.69, 9.17) is 10.5 Å². The number of nitrogens with two attached hydrogens (primary N) is 1. The van der Waals surface area contributed by atoms with Crippen LogP contribution in [-0.2, 0) is 9.53 Å². The molecule has 1 saturated heterocycles. The van der Waals surface area contributed by atoms with Crippen LogP contribution in [0.15, 0.2) is 36.4 Å². The average molecular weight is 345 g/mol. The fourth-order valence-corrected chi connectivity index (χ4v) is 3.01. The van der Waals surface area contributed by atoms with Crippen molar-refractivity contribution in [2.75, 3.05) is 39.9 Å². The molecule has 1 aliphatic rings. The second-order valence-corrected chi connectivity index (χ2v) is 6.21. The van der Waals surface area contributed by atoms with Crippen molar-refractivity contribution >= 4 is 18.0 Å². The third-order valence-corrected chi connectivity index (χ3v) is 4.39. The van der Waals surface area contributed by atoms with Crippen LogP contribution < -0.4 is 5.73 Å². The molecule has 1 aliphatic heterocycles. The minimum absolute atomic E-state index is 0.0562. The Bertz CT molecular complexity index is 589. The molecule has 2 rings (SSSR count). The largest absolute Gasteiger partial charge is 0.383 e. The van der Waals surface area contributed by atoms with Gasteiger partial charge in [-0.05, 0) is 18.4 Å². The summed E-state index contributed by atoms with van der Waals surface area (Å²) in [5, 5.41) is 0. The number of carbonyl (C=O) groups is 2. The molecule has 0 saturated carbocycles. The highest BCUT2D eigenvalue weighted by atomic mass is 16.5. The molecular weight excluding hydrogens is 318 g/mol. The van der Waals surface area contributed by atoms with Gasteiger partial charge in [-0.2, -0.15) is 0 Å². The van der Waals surface area contributed by atoms with Crippen LogP contribution in [0.3, 0.4) is 0 Å².